The van der Waals surface area contributed by atoms with Crippen LogP contribution < -0.4 is 0 Å². The number of aryl methyl sites for hydroxylation is 1. The SMILES string of the molecule is Cc1cc2nnc(SCc3ccccn3)n2c2ccccc12. The van der Waals surface area contributed by atoms with Crippen LogP contribution in [-0.2, 0) is 5.75 Å². The van der Waals surface area contributed by atoms with E-state index in [-0.39, 0.29) is 0 Å². The first-order valence-corrected chi connectivity index (χ1v) is 8.08. The summed E-state index contributed by atoms with van der Waals surface area (Å²) in [6.07, 6.45) is 1.82. The molecular formula is C17H14N4S. The molecule has 0 unspecified atom stereocenters. The lowest BCUT2D eigenvalue weighted by molar-refractivity contribution is 0.938. The van der Waals surface area contributed by atoms with Crippen molar-refractivity contribution in [3.63, 3.8) is 0 Å². The molecule has 4 rings (SSSR count). The Morgan fingerprint density at radius 2 is 1.91 bits per heavy atom. The molecule has 0 N–H and O–H groups in total. The number of hydrogen-bond donors (Lipinski definition) is 0. The quantitative estimate of drug-likeness (QED) is 0.539. The van der Waals surface area contributed by atoms with Gasteiger partial charge in [-0.3, -0.25) is 9.38 Å². The normalized spacial score (nSPS) is 11.3. The third kappa shape index (κ3) is 2.23. The van der Waals surface area contributed by atoms with Crippen LogP contribution in [0.25, 0.3) is 16.6 Å². The molecule has 0 radical (unpaired) electrons. The Balaban J connectivity index is 1.80. The summed E-state index contributed by atoms with van der Waals surface area (Å²) in [5, 5.41) is 10.8. The van der Waals surface area contributed by atoms with Gasteiger partial charge in [-0.2, -0.15) is 0 Å². The van der Waals surface area contributed by atoms with Crippen molar-refractivity contribution >= 4 is 28.3 Å². The summed E-state index contributed by atoms with van der Waals surface area (Å²) >= 11 is 1.66. The van der Waals surface area contributed by atoms with Gasteiger partial charge in [0.25, 0.3) is 0 Å². The number of rotatable bonds is 3. The molecule has 4 aromatic rings. The van der Waals surface area contributed by atoms with E-state index in [0.717, 1.165) is 27.8 Å². The second kappa shape index (κ2) is 5.42. The maximum absolute atomic E-state index is 4.36. The Morgan fingerprint density at radius 3 is 2.77 bits per heavy atom. The van der Waals surface area contributed by atoms with Crippen molar-refractivity contribution in [2.24, 2.45) is 0 Å². The molecule has 108 valence electrons. The van der Waals surface area contributed by atoms with E-state index in [9.17, 15) is 0 Å². The molecule has 0 saturated heterocycles. The van der Waals surface area contributed by atoms with Crippen LogP contribution in [0.3, 0.4) is 0 Å². The van der Waals surface area contributed by atoms with Gasteiger partial charge in [0.1, 0.15) is 0 Å². The van der Waals surface area contributed by atoms with Gasteiger partial charge in [0.2, 0.25) is 0 Å². The highest BCUT2D eigenvalue weighted by Gasteiger charge is 2.11. The number of nitrogens with zero attached hydrogens (tertiary/aromatic N) is 4. The molecule has 3 aromatic heterocycles. The number of fused-ring (bicyclic) bond motifs is 3. The molecule has 0 aliphatic rings. The summed E-state index contributed by atoms with van der Waals surface area (Å²) in [5.41, 5.74) is 4.29. The highest BCUT2D eigenvalue weighted by atomic mass is 32.2. The van der Waals surface area contributed by atoms with Gasteiger partial charge in [0.05, 0.1) is 11.2 Å². The monoisotopic (exact) mass is 306 g/mol. The fourth-order valence-electron chi connectivity index (χ4n) is 2.59. The van der Waals surface area contributed by atoms with Crippen molar-refractivity contribution in [3.05, 3.63) is 66.0 Å². The summed E-state index contributed by atoms with van der Waals surface area (Å²) in [4.78, 5) is 4.36. The van der Waals surface area contributed by atoms with E-state index in [1.807, 2.05) is 24.4 Å². The molecule has 0 saturated carbocycles. The summed E-state index contributed by atoms with van der Waals surface area (Å²) in [7, 11) is 0. The minimum absolute atomic E-state index is 0.782. The Bertz CT molecular complexity index is 947. The van der Waals surface area contributed by atoms with Gasteiger partial charge < -0.3 is 0 Å². The van der Waals surface area contributed by atoms with Crippen LogP contribution in [0.2, 0.25) is 0 Å². The highest BCUT2D eigenvalue weighted by Crippen LogP contribution is 2.27. The molecule has 0 spiro atoms. The van der Waals surface area contributed by atoms with E-state index in [1.54, 1.807) is 11.8 Å². The number of hydrogen-bond acceptors (Lipinski definition) is 4. The van der Waals surface area contributed by atoms with Crippen molar-refractivity contribution < 1.29 is 0 Å². The number of benzene rings is 1. The second-order valence-corrected chi connectivity index (χ2v) is 6.07. The second-order valence-electron chi connectivity index (χ2n) is 5.13. The lowest BCUT2D eigenvalue weighted by Crippen LogP contribution is -1.93. The Hall–Kier alpha value is -2.40. The molecule has 1 aromatic carbocycles. The minimum atomic E-state index is 0.782. The Morgan fingerprint density at radius 1 is 1.05 bits per heavy atom. The molecule has 0 atom stereocenters. The van der Waals surface area contributed by atoms with E-state index in [4.69, 9.17) is 0 Å². The van der Waals surface area contributed by atoms with E-state index in [2.05, 4.69) is 56.8 Å². The van der Waals surface area contributed by atoms with Gasteiger partial charge in [-0.25, -0.2) is 0 Å². The van der Waals surface area contributed by atoms with Crippen LogP contribution in [0.15, 0.2) is 59.9 Å². The third-order valence-corrected chi connectivity index (χ3v) is 4.61. The van der Waals surface area contributed by atoms with E-state index >= 15 is 0 Å². The van der Waals surface area contributed by atoms with Gasteiger partial charge in [-0.1, -0.05) is 36.0 Å². The molecule has 5 heteroatoms. The van der Waals surface area contributed by atoms with Crippen molar-refractivity contribution in [1.29, 1.82) is 0 Å². The van der Waals surface area contributed by atoms with Crippen LogP contribution >= 0.6 is 11.8 Å². The van der Waals surface area contributed by atoms with Crippen LogP contribution in [0.4, 0.5) is 0 Å². The predicted molar refractivity (Wildman–Crippen MR) is 89.0 cm³/mol. The topological polar surface area (TPSA) is 43.1 Å². The number of thioether (sulfide) groups is 1. The number of pyridine rings is 2. The van der Waals surface area contributed by atoms with E-state index in [1.165, 1.54) is 10.9 Å². The summed E-state index contributed by atoms with van der Waals surface area (Å²) < 4.78 is 2.12. The fourth-order valence-corrected chi connectivity index (χ4v) is 3.46. The Labute approximate surface area is 132 Å². The first kappa shape index (κ1) is 13.3. The summed E-state index contributed by atoms with van der Waals surface area (Å²) in [5.74, 6) is 0.782. The van der Waals surface area contributed by atoms with Crippen LogP contribution in [0.1, 0.15) is 11.3 Å². The van der Waals surface area contributed by atoms with Gasteiger partial charge >= 0.3 is 0 Å². The minimum Gasteiger partial charge on any atom is -0.270 e. The lowest BCUT2D eigenvalue weighted by atomic mass is 10.1. The predicted octanol–water partition coefficient (Wildman–Crippen LogP) is 3.88. The average molecular weight is 306 g/mol. The zero-order chi connectivity index (χ0) is 14.9. The summed E-state index contributed by atoms with van der Waals surface area (Å²) in [6, 6.07) is 16.4. The number of para-hydroxylation sites is 1. The fraction of sp³-hybridized carbons (Fsp3) is 0.118. The van der Waals surface area contributed by atoms with E-state index in [0.29, 0.717) is 0 Å². The van der Waals surface area contributed by atoms with Gasteiger partial charge in [0.15, 0.2) is 10.8 Å². The zero-order valence-corrected chi connectivity index (χ0v) is 12.9. The molecule has 0 bridgehead atoms. The first-order chi connectivity index (χ1) is 10.8. The van der Waals surface area contributed by atoms with Crippen LogP contribution in [0.5, 0.6) is 0 Å². The smallest absolute Gasteiger partial charge is 0.196 e. The summed E-state index contributed by atoms with van der Waals surface area (Å²) in [6.45, 7) is 2.11. The maximum atomic E-state index is 4.36. The van der Waals surface area contributed by atoms with Gasteiger partial charge in [0, 0.05) is 17.3 Å². The lowest BCUT2D eigenvalue weighted by Gasteiger charge is -2.07. The average Bonchev–Trinajstić information content (AvgIpc) is 2.97. The van der Waals surface area contributed by atoms with Crippen LogP contribution in [-0.4, -0.2) is 19.6 Å². The van der Waals surface area contributed by atoms with Gasteiger partial charge in [-0.15, -0.1) is 10.2 Å². The van der Waals surface area contributed by atoms with Crippen molar-refractivity contribution in [1.82, 2.24) is 19.6 Å². The molecular weight excluding hydrogens is 292 g/mol. The molecule has 0 amide bonds. The third-order valence-electron chi connectivity index (χ3n) is 3.65. The number of aromatic nitrogens is 4. The van der Waals surface area contributed by atoms with Crippen LogP contribution in [0, 0.1) is 6.92 Å². The van der Waals surface area contributed by atoms with Crippen molar-refractivity contribution in [3.8, 4) is 0 Å². The highest BCUT2D eigenvalue weighted by molar-refractivity contribution is 7.98. The molecule has 0 aliphatic heterocycles. The Kier molecular flexibility index (Phi) is 3.27. The largest absolute Gasteiger partial charge is 0.270 e. The first-order valence-electron chi connectivity index (χ1n) is 7.09. The maximum Gasteiger partial charge on any atom is 0.196 e. The van der Waals surface area contributed by atoms with Crippen molar-refractivity contribution in [2.45, 2.75) is 17.8 Å². The molecule has 3 heterocycles. The van der Waals surface area contributed by atoms with E-state index < -0.39 is 0 Å². The van der Waals surface area contributed by atoms with Crippen molar-refractivity contribution in [2.75, 3.05) is 0 Å². The zero-order valence-electron chi connectivity index (χ0n) is 12.1. The molecule has 22 heavy (non-hydrogen) atoms. The molecule has 0 aliphatic carbocycles. The molecule has 0 fully saturated rings. The molecule has 4 nitrogen and oxygen atoms in total. The van der Waals surface area contributed by atoms with Gasteiger partial charge in [-0.05, 0) is 36.8 Å². The standard InChI is InChI=1S/C17H14N4S/c1-12-10-16-19-20-17(22-11-13-6-4-5-9-18-13)21(16)15-8-3-2-7-14(12)15/h2-10H,11H2,1H3.